The van der Waals surface area contributed by atoms with Crippen LogP contribution in [0.15, 0.2) is 53.1 Å². The van der Waals surface area contributed by atoms with Gasteiger partial charge in [-0.25, -0.2) is 4.98 Å². The first kappa shape index (κ1) is 22.2. The summed E-state index contributed by atoms with van der Waals surface area (Å²) in [5.74, 6) is 2.65. The first-order chi connectivity index (χ1) is 15.5. The number of piperidine rings is 1. The van der Waals surface area contributed by atoms with E-state index in [1.54, 1.807) is 13.3 Å². The minimum absolute atomic E-state index is 0.0323. The normalized spacial score (nSPS) is 16.1. The van der Waals surface area contributed by atoms with Crippen molar-refractivity contribution in [1.82, 2.24) is 9.88 Å². The van der Waals surface area contributed by atoms with Gasteiger partial charge in [-0.05, 0) is 49.1 Å². The van der Waals surface area contributed by atoms with E-state index in [-0.39, 0.29) is 18.4 Å². The van der Waals surface area contributed by atoms with E-state index in [0.717, 1.165) is 29.7 Å². The Morgan fingerprint density at radius 1 is 1.25 bits per heavy atom. The number of hydrogen-bond donors (Lipinski definition) is 0. The highest BCUT2D eigenvalue weighted by molar-refractivity contribution is 6.31. The van der Waals surface area contributed by atoms with E-state index in [9.17, 15) is 4.79 Å². The van der Waals surface area contributed by atoms with Crippen LogP contribution in [0.2, 0.25) is 5.02 Å². The zero-order valence-corrected chi connectivity index (χ0v) is 19.1. The monoisotopic (exact) mass is 454 g/mol. The molecule has 1 saturated heterocycles. The molecule has 4 rings (SSSR count). The van der Waals surface area contributed by atoms with Crippen LogP contribution in [0, 0.1) is 6.92 Å². The molecule has 1 aliphatic rings. The molecular weight excluding hydrogens is 428 g/mol. The number of oxazole rings is 1. The molecule has 2 heterocycles. The Kier molecular flexibility index (Phi) is 7.00. The molecule has 32 heavy (non-hydrogen) atoms. The van der Waals surface area contributed by atoms with E-state index in [4.69, 9.17) is 25.5 Å². The third kappa shape index (κ3) is 5.25. The molecule has 2 aromatic carbocycles. The van der Waals surface area contributed by atoms with Gasteiger partial charge in [0, 0.05) is 24.5 Å². The Bertz CT molecular complexity index is 1080. The van der Waals surface area contributed by atoms with Crippen LogP contribution in [0.1, 0.15) is 41.5 Å². The largest absolute Gasteiger partial charge is 0.493 e. The number of carbonyl (C=O) groups is 1. The van der Waals surface area contributed by atoms with Crippen LogP contribution in [0.5, 0.6) is 11.5 Å². The minimum Gasteiger partial charge on any atom is -0.493 e. The fraction of sp³-hybridized carbons (Fsp3) is 0.360. The van der Waals surface area contributed by atoms with Gasteiger partial charge in [-0.3, -0.25) is 4.79 Å². The maximum atomic E-state index is 12.8. The van der Waals surface area contributed by atoms with E-state index < -0.39 is 0 Å². The number of carbonyl (C=O) groups excluding carboxylic acids is 1. The second-order valence-electron chi connectivity index (χ2n) is 8.05. The van der Waals surface area contributed by atoms with E-state index in [2.05, 4.69) is 4.98 Å². The summed E-state index contributed by atoms with van der Waals surface area (Å²) in [6.45, 7) is 3.22. The van der Waals surface area contributed by atoms with Crippen molar-refractivity contribution >= 4 is 17.5 Å². The molecule has 1 aliphatic heterocycles. The van der Waals surface area contributed by atoms with Crippen molar-refractivity contribution in [1.29, 1.82) is 0 Å². The fourth-order valence-corrected chi connectivity index (χ4v) is 4.16. The average Bonchev–Trinajstić information content (AvgIpc) is 3.28. The van der Waals surface area contributed by atoms with Crippen LogP contribution in [0.3, 0.4) is 0 Å². The second kappa shape index (κ2) is 10.1. The van der Waals surface area contributed by atoms with Gasteiger partial charge in [-0.1, -0.05) is 35.9 Å². The second-order valence-corrected chi connectivity index (χ2v) is 8.46. The molecule has 7 heteroatoms. The maximum Gasteiger partial charge on any atom is 0.260 e. The molecule has 1 unspecified atom stereocenters. The third-order valence-corrected chi connectivity index (χ3v) is 6.06. The number of ether oxygens (including phenoxy) is 2. The molecule has 1 atom stereocenters. The molecule has 3 aromatic rings. The maximum absolute atomic E-state index is 12.8. The lowest BCUT2D eigenvalue weighted by Crippen LogP contribution is -2.41. The Morgan fingerprint density at radius 2 is 2.09 bits per heavy atom. The number of amides is 1. The zero-order valence-electron chi connectivity index (χ0n) is 18.3. The Balaban J connectivity index is 1.36. The molecule has 6 nitrogen and oxygen atoms in total. The topological polar surface area (TPSA) is 64.8 Å². The Hall–Kier alpha value is -2.99. The number of nitrogens with zero attached hydrogens (tertiary/aromatic N) is 2. The lowest BCUT2D eigenvalue weighted by atomic mass is 9.98. The summed E-state index contributed by atoms with van der Waals surface area (Å²) in [5, 5.41) is 0.713. The van der Waals surface area contributed by atoms with E-state index in [1.807, 2.05) is 54.3 Å². The molecular formula is C25H27ClN2O4. The number of methoxy groups -OCH3 is 1. The number of likely N-dealkylation sites (tertiary alicyclic amines) is 1. The number of rotatable bonds is 7. The predicted octanol–water partition coefficient (Wildman–Crippen LogP) is 5.02. The summed E-state index contributed by atoms with van der Waals surface area (Å²) in [7, 11) is 1.59. The first-order valence-electron chi connectivity index (χ1n) is 10.8. The van der Waals surface area contributed by atoms with Crippen molar-refractivity contribution in [3.63, 3.8) is 0 Å². The van der Waals surface area contributed by atoms with Crippen LogP contribution in [-0.2, 0) is 11.2 Å². The standard InChI is InChI=1S/C25H27ClN2O4/c1-17-9-10-22(23(12-17)30-2)31-16-24(29)28-11-5-7-19(15-28)25-27-14-20(32-25)13-18-6-3-4-8-21(18)26/h3-4,6,8-10,12,14,19H,5,7,11,13,15-16H2,1-2H3. The van der Waals surface area contributed by atoms with Gasteiger partial charge in [0.25, 0.3) is 5.91 Å². The van der Waals surface area contributed by atoms with Crippen LogP contribution in [0.4, 0.5) is 0 Å². The molecule has 1 aromatic heterocycles. The molecule has 0 bridgehead atoms. The summed E-state index contributed by atoms with van der Waals surface area (Å²) < 4.78 is 17.1. The van der Waals surface area contributed by atoms with Crippen LogP contribution >= 0.6 is 11.6 Å². The predicted molar refractivity (Wildman–Crippen MR) is 123 cm³/mol. The quantitative estimate of drug-likeness (QED) is 0.501. The van der Waals surface area contributed by atoms with Gasteiger partial charge in [-0.2, -0.15) is 0 Å². The van der Waals surface area contributed by atoms with Crippen molar-refractivity contribution in [3.8, 4) is 11.5 Å². The van der Waals surface area contributed by atoms with Crippen molar-refractivity contribution in [2.45, 2.75) is 32.1 Å². The number of aromatic nitrogens is 1. The van der Waals surface area contributed by atoms with Crippen molar-refractivity contribution < 1.29 is 18.7 Å². The number of aryl methyl sites for hydroxylation is 1. The smallest absolute Gasteiger partial charge is 0.260 e. The van der Waals surface area contributed by atoms with Gasteiger partial charge in [0.1, 0.15) is 5.76 Å². The van der Waals surface area contributed by atoms with Gasteiger partial charge in [0.15, 0.2) is 24.0 Å². The summed E-state index contributed by atoms with van der Waals surface area (Å²) in [6.07, 6.45) is 4.18. The molecule has 0 aliphatic carbocycles. The van der Waals surface area contributed by atoms with E-state index in [0.29, 0.717) is 41.9 Å². The van der Waals surface area contributed by atoms with E-state index >= 15 is 0 Å². The summed E-state index contributed by atoms with van der Waals surface area (Å²) in [4.78, 5) is 19.1. The molecule has 0 N–H and O–H groups in total. The zero-order chi connectivity index (χ0) is 22.5. The van der Waals surface area contributed by atoms with Gasteiger partial charge in [-0.15, -0.1) is 0 Å². The molecule has 1 fully saturated rings. The third-order valence-electron chi connectivity index (χ3n) is 5.69. The molecule has 0 spiro atoms. The molecule has 1 amide bonds. The van der Waals surface area contributed by atoms with E-state index in [1.165, 1.54) is 0 Å². The Labute approximate surface area is 193 Å². The fourth-order valence-electron chi connectivity index (χ4n) is 3.95. The van der Waals surface area contributed by atoms with Crippen LogP contribution in [0.25, 0.3) is 0 Å². The molecule has 168 valence electrons. The van der Waals surface area contributed by atoms with Crippen LogP contribution < -0.4 is 9.47 Å². The highest BCUT2D eigenvalue weighted by atomic mass is 35.5. The number of benzene rings is 2. The van der Waals surface area contributed by atoms with Gasteiger partial charge >= 0.3 is 0 Å². The highest BCUT2D eigenvalue weighted by Crippen LogP contribution is 2.30. The number of hydrogen-bond acceptors (Lipinski definition) is 5. The first-order valence-corrected chi connectivity index (χ1v) is 11.1. The summed E-state index contributed by atoms with van der Waals surface area (Å²) >= 11 is 6.26. The SMILES string of the molecule is COc1cc(C)ccc1OCC(=O)N1CCCC(c2ncc(Cc3ccccc3Cl)o2)C1. The van der Waals surface area contributed by atoms with Gasteiger partial charge < -0.3 is 18.8 Å². The summed E-state index contributed by atoms with van der Waals surface area (Å²) in [6, 6.07) is 13.4. The van der Waals surface area contributed by atoms with Crippen molar-refractivity contribution in [2.24, 2.45) is 0 Å². The number of halogens is 1. The average molecular weight is 455 g/mol. The van der Waals surface area contributed by atoms with Gasteiger partial charge in [0.05, 0.1) is 19.2 Å². The minimum atomic E-state index is -0.0554. The van der Waals surface area contributed by atoms with Gasteiger partial charge in [0.2, 0.25) is 0 Å². The van der Waals surface area contributed by atoms with Crippen molar-refractivity contribution in [3.05, 3.63) is 76.5 Å². The molecule has 0 radical (unpaired) electrons. The van der Waals surface area contributed by atoms with Crippen molar-refractivity contribution in [2.75, 3.05) is 26.8 Å². The van der Waals surface area contributed by atoms with Crippen LogP contribution in [-0.4, -0.2) is 42.6 Å². The lowest BCUT2D eigenvalue weighted by Gasteiger charge is -2.31. The molecule has 0 saturated carbocycles. The summed E-state index contributed by atoms with van der Waals surface area (Å²) in [5.41, 5.74) is 2.07. The lowest BCUT2D eigenvalue weighted by molar-refractivity contribution is -0.134. The Morgan fingerprint density at radius 3 is 2.91 bits per heavy atom. The highest BCUT2D eigenvalue weighted by Gasteiger charge is 2.28.